The quantitative estimate of drug-likeness (QED) is 0.887. The summed E-state index contributed by atoms with van der Waals surface area (Å²) < 4.78 is 5.46. The molecule has 0 radical (unpaired) electrons. The Balaban J connectivity index is 1.84. The number of aromatic hydroxyl groups is 1. The van der Waals surface area contributed by atoms with E-state index < -0.39 is 0 Å². The first-order valence-electron chi connectivity index (χ1n) is 6.28. The Morgan fingerprint density at radius 1 is 1.44 bits per heavy atom. The number of hydrogen-bond donors (Lipinski definition) is 1. The number of phenolic OH excluding ortho intramolecular Hbond substituents is 1. The average molecular weight is 249 g/mol. The largest absolute Gasteiger partial charge is 0.508 e. The highest BCUT2D eigenvalue weighted by atomic mass is 16.5. The van der Waals surface area contributed by atoms with Crippen LogP contribution in [-0.4, -0.2) is 35.7 Å². The molecule has 1 amide bonds. The minimum atomic E-state index is 0.0970. The third-order valence-electron chi connectivity index (χ3n) is 3.21. The molecule has 1 atom stereocenters. The van der Waals surface area contributed by atoms with E-state index in [0.29, 0.717) is 13.0 Å². The zero-order chi connectivity index (χ0) is 13.0. The number of carbonyl (C=O) groups is 1. The van der Waals surface area contributed by atoms with Gasteiger partial charge < -0.3 is 14.7 Å². The number of nitrogens with zero attached hydrogens (tertiary/aromatic N) is 1. The van der Waals surface area contributed by atoms with E-state index in [1.165, 1.54) is 0 Å². The lowest BCUT2D eigenvalue weighted by atomic mass is 10.1. The molecule has 1 fully saturated rings. The minimum Gasteiger partial charge on any atom is -0.508 e. The van der Waals surface area contributed by atoms with Gasteiger partial charge in [-0.1, -0.05) is 12.1 Å². The van der Waals surface area contributed by atoms with Gasteiger partial charge in [0.2, 0.25) is 5.91 Å². The van der Waals surface area contributed by atoms with Crippen LogP contribution in [0.1, 0.15) is 24.8 Å². The first-order valence-corrected chi connectivity index (χ1v) is 6.28. The molecular formula is C14H19NO3. The predicted molar refractivity (Wildman–Crippen MR) is 68.2 cm³/mol. The molecule has 0 aromatic heterocycles. The highest BCUT2D eigenvalue weighted by Gasteiger charge is 2.21. The second kappa shape index (κ2) is 5.87. The second-order valence-corrected chi connectivity index (χ2v) is 4.76. The first-order chi connectivity index (χ1) is 8.65. The highest BCUT2D eigenvalue weighted by Crippen LogP contribution is 2.17. The Labute approximate surface area is 107 Å². The van der Waals surface area contributed by atoms with E-state index in [-0.39, 0.29) is 17.8 Å². The van der Waals surface area contributed by atoms with E-state index >= 15 is 0 Å². The van der Waals surface area contributed by atoms with E-state index in [1.807, 2.05) is 12.1 Å². The molecule has 0 bridgehead atoms. The summed E-state index contributed by atoms with van der Waals surface area (Å²) in [5.41, 5.74) is 1.01. The Morgan fingerprint density at radius 2 is 2.17 bits per heavy atom. The fourth-order valence-electron chi connectivity index (χ4n) is 2.12. The van der Waals surface area contributed by atoms with Crippen LogP contribution in [0.2, 0.25) is 0 Å². The van der Waals surface area contributed by atoms with Crippen molar-refractivity contribution >= 4 is 5.91 Å². The molecule has 4 heteroatoms. The van der Waals surface area contributed by atoms with Gasteiger partial charge >= 0.3 is 0 Å². The molecule has 0 saturated carbocycles. The average Bonchev–Trinajstić information content (AvgIpc) is 2.85. The van der Waals surface area contributed by atoms with Gasteiger partial charge in [-0.2, -0.15) is 0 Å². The fraction of sp³-hybridized carbons (Fsp3) is 0.500. The van der Waals surface area contributed by atoms with Crippen LogP contribution >= 0.6 is 0 Å². The van der Waals surface area contributed by atoms with Gasteiger partial charge in [0.1, 0.15) is 5.75 Å². The molecular weight excluding hydrogens is 230 g/mol. The summed E-state index contributed by atoms with van der Waals surface area (Å²) in [5.74, 6) is 0.349. The van der Waals surface area contributed by atoms with Crippen molar-refractivity contribution in [1.82, 2.24) is 4.90 Å². The topological polar surface area (TPSA) is 49.8 Å². The number of ether oxygens (including phenoxy) is 1. The van der Waals surface area contributed by atoms with Crippen molar-refractivity contribution in [3.63, 3.8) is 0 Å². The van der Waals surface area contributed by atoms with Crippen LogP contribution in [0, 0.1) is 0 Å². The van der Waals surface area contributed by atoms with Gasteiger partial charge in [-0.25, -0.2) is 0 Å². The highest BCUT2D eigenvalue weighted by molar-refractivity contribution is 5.76. The van der Waals surface area contributed by atoms with Gasteiger partial charge in [-0.3, -0.25) is 4.79 Å². The Hall–Kier alpha value is -1.55. The van der Waals surface area contributed by atoms with Gasteiger partial charge in [0.15, 0.2) is 0 Å². The Bertz CT molecular complexity index is 396. The lowest BCUT2D eigenvalue weighted by molar-refractivity contribution is -0.132. The molecule has 1 aliphatic rings. The lowest BCUT2D eigenvalue weighted by Crippen LogP contribution is -2.29. The zero-order valence-corrected chi connectivity index (χ0v) is 10.6. The summed E-state index contributed by atoms with van der Waals surface area (Å²) in [4.78, 5) is 13.7. The molecule has 1 aliphatic heterocycles. The summed E-state index contributed by atoms with van der Waals surface area (Å²) in [6, 6.07) is 6.91. The fourth-order valence-corrected chi connectivity index (χ4v) is 2.12. The smallest absolute Gasteiger partial charge is 0.225 e. The summed E-state index contributed by atoms with van der Waals surface area (Å²) in [7, 11) is 1.80. The Kier molecular flexibility index (Phi) is 4.20. The predicted octanol–water partition coefficient (Wildman–Crippen LogP) is 1.92. The third kappa shape index (κ3) is 3.47. The zero-order valence-electron chi connectivity index (χ0n) is 10.6. The van der Waals surface area contributed by atoms with Crippen molar-refractivity contribution in [2.75, 3.05) is 13.7 Å². The van der Waals surface area contributed by atoms with Crippen molar-refractivity contribution in [2.45, 2.75) is 31.9 Å². The summed E-state index contributed by atoms with van der Waals surface area (Å²) in [5, 5.41) is 9.19. The molecule has 2 rings (SSSR count). The molecule has 4 nitrogen and oxygen atoms in total. The molecule has 0 aliphatic carbocycles. The number of phenols is 1. The third-order valence-corrected chi connectivity index (χ3v) is 3.21. The number of benzene rings is 1. The molecule has 98 valence electrons. The summed E-state index contributed by atoms with van der Waals surface area (Å²) in [6.07, 6.45) is 2.60. The van der Waals surface area contributed by atoms with Gasteiger partial charge in [-0.05, 0) is 30.5 Å². The van der Waals surface area contributed by atoms with Crippen LogP contribution in [-0.2, 0) is 16.1 Å². The standard InChI is InChI=1S/C14H19NO3/c1-15(10-11-4-6-12(16)7-5-11)14(17)9-13-3-2-8-18-13/h4-7,13,16H,2-3,8-10H2,1H3. The van der Waals surface area contributed by atoms with Crippen LogP contribution < -0.4 is 0 Å². The van der Waals surface area contributed by atoms with Crippen molar-refractivity contribution in [1.29, 1.82) is 0 Å². The monoisotopic (exact) mass is 249 g/mol. The first kappa shape index (κ1) is 12.9. The van der Waals surface area contributed by atoms with Gasteiger partial charge in [-0.15, -0.1) is 0 Å². The maximum atomic E-state index is 12.0. The van der Waals surface area contributed by atoms with Crippen LogP contribution in [0.25, 0.3) is 0 Å². The van der Waals surface area contributed by atoms with E-state index in [4.69, 9.17) is 4.74 Å². The van der Waals surface area contributed by atoms with Crippen LogP contribution in [0.4, 0.5) is 0 Å². The second-order valence-electron chi connectivity index (χ2n) is 4.76. The SMILES string of the molecule is CN(Cc1ccc(O)cc1)C(=O)CC1CCCO1. The lowest BCUT2D eigenvalue weighted by Gasteiger charge is -2.19. The molecule has 1 aromatic rings. The van der Waals surface area contributed by atoms with E-state index in [9.17, 15) is 9.90 Å². The molecule has 0 spiro atoms. The van der Waals surface area contributed by atoms with Gasteiger partial charge in [0.05, 0.1) is 12.5 Å². The van der Waals surface area contributed by atoms with E-state index in [0.717, 1.165) is 25.0 Å². The number of rotatable bonds is 4. The maximum absolute atomic E-state index is 12.0. The van der Waals surface area contributed by atoms with Crippen LogP contribution in [0.15, 0.2) is 24.3 Å². The molecule has 1 aromatic carbocycles. The number of carbonyl (C=O) groups excluding carboxylic acids is 1. The van der Waals surface area contributed by atoms with Crippen molar-refractivity contribution < 1.29 is 14.6 Å². The van der Waals surface area contributed by atoms with Crippen LogP contribution in [0.5, 0.6) is 5.75 Å². The van der Waals surface area contributed by atoms with Crippen molar-refractivity contribution in [3.05, 3.63) is 29.8 Å². The van der Waals surface area contributed by atoms with Gasteiger partial charge in [0.25, 0.3) is 0 Å². The number of amides is 1. The molecule has 1 unspecified atom stereocenters. The normalized spacial score (nSPS) is 18.8. The van der Waals surface area contributed by atoms with Crippen molar-refractivity contribution in [2.24, 2.45) is 0 Å². The molecule has 1 saturated heterocycles. The summed E-state index contributed by atoms with van der Waals surface area (Å²) in [6.45, 7) is 1.34. The van der Waals surface area contributed by atoms with Crippen LogP contribution in [0.3, 0.4) is 0 Å². The molecule has 1 heterocycles. The minimum absolute atomic E-state index is 0.0970. The van der Waals surface area contributed by atoms with Gasteiger partial charge in [0, 0.05) is 20.2 Å². The number of hydrogen-bond acceptors (Lipinski definition) is 3. The Morgan fingerprint density at radius 3 is 2.78 bits per heavy atom. The van der Waals surface area contributed by atoms with E-state index in [2.05, 4.69) is 0 Å². The van der Waals surface area contributed by atoms with Crippen molar-refractivity contribution in [3.8, 4) is 5.75 Å². The molecule has 18 heavy (non-hydrogen) atoms. The van der Waals surface area contributed by atoms with E-state index in [1.54, 1.807) is 24.1 Å². The molecule has 1 N–H and O–H groups in total. The summed E-state index contributed by atoms with van der Waals surface area (Å²) >= 11 is 0. The maximum Gasteiger partial charge on any atom is 0.225 e.